The minimum absolute atomic E-state index is 0.262. The highest BCUT2D eigenvalue weighted by atomic mass is 16.5. The number of ether oxygens (including phenoxy) is 1. The fourth-order valence-corrected chi connectivity index (χ4v) is 2.50. The first-order valence-electron chi connectivity index (χ1n) is 6.93. The third-order valence-electron chi connectivity index (χ3n) is 3.72. The van der Waals surface area contributed by atoms with Crippen LogP contribution < -0.4 is 10.1 Å². The van der Waals surface area contributed by atoms with Crippen LogP contribution in [0.3, 0.4) is 0 Å². The summed E-state index contributed by atoms with van der Waals surface area (Å²) in [6.07, 6.45) is 1.32. The fraction of sp³-hybridized carbons (Fsp3) is 0.533. The van der Waals surface area contributed by atoms with Gasteiger partial charge < -0.3 is 20.3 Å². The van der Waals surface area contributed by atoms with Crippen LogP contribution in [0.1, 0.15) is 36.0 Å². The van der Waals surface area contributed by atoms with Gasteiger partial charge in [-0.3, -0.25) is 4.79 Å². The average Bonchev–Trinajstić information content (AvgIpc) is 2.63. The molecule has 0 spiro atoms. The van der Waals surface area contributed by atoms with E-state index in [-0.39, 0.29) is 5.91 Å². The van der Waals surface area contributed by atoms with Crippen molar-refractivity contribution in [3.05, 3.63) is 29.8 Å². The van der Waals surface area contributed by atoms with Crippen LogP contribution >= 0.6 is 0 Å². The zero-order chi connectivity index (χ0) is 14.5. The zero-order valence-corrected chi connectivity index (χ0v) is 11.6. The van der Waals surface area contributed by atoms with E-state index in [1.165, 1.54) is 0 Å². The highest BCUT2D eigenvalue weighted by Gasteiger charge is 2.29. The molecule has 110 valence electrons. The van der Waals surface area contributed by atoms with Gasteiger partial charge in [-0.05, 0) is 31.0 Å². The van der Waals surface area contributed by atoms with Crippen LogP contribution in [0.4, 0.5) is 0 Å². The Kier molecular flexibility index (Phi) is 4.98. The second-order valence-electron chi connectivity index (χ2n) is 5.15. The number of methoxy groups -OCH3 is 1. The number of aliphatic hydroxyl groups is 2. The molecule has 0 saturated heterocycles. The average molecular weight is 279 g/mol. The van der Waals surface area contributed by atoms with Gasteiger partial charge in [-0.15, -0.1) is 0 Å². The van der Waals surface area contributed by atoms with Gasteiger partial charge >= 0.3 is 0 Å². The van der Waals surface area contributed by atoms with Crippen LogP contribution in [0.15, 0.2) is 24.3 Å². The molecule has 20 heavy (non-hydrogen) atoms. The number of hydrogen-bond acceptors (Lipinski definition) is 4. The van der Waals surface area contributed by atoms with Crippen LogP contribution in [-0.2, 0) is 0 Å². The monoisotopic (exact) mass is 279 g/mol. The Hall–Kier alpha value is -1.59. The van der Waals surface area contributed by atoms with Crippen molar-refractivity contribution in [3.63, 3.8) is 0 Å². The third kappa shape index (κ3) is 3.49. The lowest BCUT2D eigenvalue weighted by molar-refractivity contribution is -0.00124. The molecule has 3 N–H and O–H groups in total. The normalized spacial score (nSPS) is 26.6. The Labute approximate surface area is 118 Å². The molecule has 0 heterocycles. The molecule has 0 unspecified atom stereocenters. The summed E-state index contributed by atoms with van der Waals surface area (Å²) in [7, 11) is 1.54. The van der Waals surface area contributed by atoms with Crippen LogP contribution in [-0.4, -0.2) is 41.5 Å². The number of rotatable bonds is 3. The predicted molar refractivity (Wildman–Crippen MR) is 74.7 cm³/mol. The van der Waals surface area contributed by atoms with Gasteiger partial charge in [-0.25, -0.2) is 0 Å². The highest BCUT2D eigenvalue weighted by molar-refractivity contribution is 5.94. The summed E-state index contributed by atoms with van der Waals surface area (Å²) >= 11 is 0. The molecular weight excluding hydrogens is 258 g/mol. The maximum absolute atomic E-state index is 12.2. The third-order valence-corrected chi connectivity index (χ3v) is 3.72. The van der Waals surface area contributed by atoms with Crippen molar-refractivity contribution >= 4 is 5.91 Å². The molecule has 1 aliphatic rings. The molecule has 2 rings (SSSR count). The number of nitrogens with one attached hydrogen (secondary N) is 1. The van der Waals surface area contributed by atoms with Crippen molar-refractivity contribution < 1.29 is 19.7 Å². The second kappa shape index (κ2) is 6.72. The van der Waals surface area contributed by atoms with Gasteiger partial charge in [0, 0.05) is 5.56 Å². The predicted octanol–water partition coefficient (Wildman–Crippen LogP) is 1.09. The first-order chi connectivity index (χ1) is 9.61. The number of carbonyl (C=O) groups is 1. The van der Waals surface area contributed by atoms with E-state index in [0.29, 0.717) is 24.2 Å². The Bertz CT molecular complexity index is 463. The molecule has 1 aliphatic carbocycles. The van der Waals surface area contributed by atoms with Gasteiger partial charge in [0.2, 0.25) is 0 Å². The highest BCUT2D eigenvalue weighted by Crippen LogP contribution is 2.20. The topological polar surface area (TPSA) is 78.8 Å². The molecule has 1 amide bonds. The van der Waals surface area contributed by atoms with Crippen molar-refractivity contribution in [1.29, 1.82) is 0 Å². The summed E-state index contributed by atoms with van der Waals surface area (Å²) in [6, 6.07) is 6.44. The van der Waals surface area contributed by atoms with Crippen molar-refractivity contribution in [1.82, 2.24) is 5.32 Å². The number of benzene rings is 1. The van der Waals surface area contributed by atoms with Gasteiger partial charge in [0.15, 0.2) is 0 Å². The lowest BCUT2D eigenvalue weighted by Gasteiger charge is -2.25. The molecule has 0 radical (unpaired) electrons. The molecule has 1 aromatic carbocycles. The smallest absolute Gasteiger partial charge is 0.251 e. The largest absolute Gasteiger partial charge is 0.497 e. The Morgan fingerprint density at radius 3 is 2.80 bits per heavy atom. The molecule has 5 nitrogen and oxygen atoms in total. The molecule has 1 saturated carbocycles. The summed E-state index contributed by atoms with van der Waals surface area (Å²) in [5, 5.41) is 22.6. The van der Waals surface area contributed by atoms with Gasteiger partial charge in [0.1, 0.15) is 5.75 Å². The number of hydrogen-bond donors (Lipinski definition) is 3. The van der Waals surface area contributed by atoms with E-state index in [2.05, 4.69) is 5.32 Å². The SMILES string of the molecule is COc1cccc(C(=O)N[C@@H]2CCCC[C@@H](O)[C@@H]2O)c1. The van der Waals surface area contributed by atoms with Crippen molar-refractivity contribution in [2.75, 3.05) is 7.11 Å². The van der Waals surface area contributed by atoms with Crippen LogP contribution in [0.25, 0.3) is 0 Å². The molecule has 3 atom stereocenters. The number of carbonyl (C=O) groups excluding carboxylic acids is 1. The van der Waals surface area contributed by atoms with Crippen LogP contribution in [0, 0.1) is 0 Å². The van der Waals surface area contributed by atoms with Gasteiger partial charge in [0.25, 0.3) is 5.91 Å². The number of aliphatic hydroxyl groups excluding tert-OH is 2. The summed E-state index contributed by atoms with van der Waals surface area (Å²) in [4.78, 5) is 12.2. The quantitative estimate of drug-likeness (QED) is 0.724. The first-order valence-corrected chi connectivity index (χ1v) is 6.93. The van der Waals surface area contributed by atoms with Gasteiger partial charge in [-0.2, -0.15) is 0 Å². The summed E-state index contributed by atoms with van der Waals surface area (Å²) in [6.45, 7) is 0. The van der Waals surface area contributed by atoms with Gasteiger partial charge in [0.05, 0.1) is 25.4 Å². The van der Waals surface area contributed by atoms with E-state index in [1.807, 2.05) is 0 Å². The lowest BCUT2D eigenvalue weighted by Crippen LogP contribution is -2.47. The van der Waals surface area contributed by atoms with Crippen LogP contribution in [0.5, 0.6) is 5.75 Å². The van der Waals surface area contributed by atoms with E-state index >= 15 is 0 Å². The molecular formula is C15H21NO4. The molecule has 1 aromatic rings. The Balaban J connectivity index is 2.05. The van der Waals surface area contributed by atoms with Gasteiger partial charge in [-0.1, -0.05) is 18.9 Å². The maximum Gasteiger partial charge on any atom is 0.251 e. The molecule has 0 aromatic heterocycles. The van der Waals surface area contributed by atoms with E-state index in [0.717, 1.165) is 12.8 Å². The van der Waals surface area contributed by atoms with E-state index in [4.69, 9.17) is 4.74 Å². The lowest BCUT2D eigenvalue weighted by atomic mass is 10.0. The molecule has 0 bridgehead atoms. The van der Waals surface area contributed by atoms with Crippen molar-refractivity contribution in [2.24, 2.45) is 0 Å². The number of amides is 1. The van der Waals surface area contributed by atoms with Crippen molar-refractivity contribution in [2.45, 2.75) is 43.9 Å². The van der Waals surface area contributed by atoms with Crippen molar-refractivity contribution in [3.8, 4) is 5.75 Å². The standard InChI is InChI=1S/C15H21NO4/c1-20-11-6-4-5-10(9-11)15(19)16-12-7-2-3-8-13(17)14(12)18/h4-6,9,12-14,17-18H,2-3,7-8H2,1H3,(H,16,19)/t12-,13-,14-/m1/s1. The molecule has 5 heteroatoms. The first kappa shape index (κ1) is 14.8. The second-order valence-corrected chi connectivity index (χ2v) is 5.15. The summed E-state index contributed by atoms with van der Waals surface area (Å²) < 4.78 is 5.08. The Morgan fingerprint density at radius 1 is 1.30 bits per heavy atom. The summed E-state index contributed by atoms with van der Waals surface area (Å²) in [5.74, 6) is 0.348. The van der Waals surface area contributed by atoms with E-state index in [1.54, 1.807) is 31.4 Å². The zero-order valence-electron chi connectivity index (χ0n) is 11.6. The minimum Gasteiger partial charge on any atom is -0.497 e. The summed E-state index contributed by atoms with van der Waals surface area (Å²) in [5.41, 5.74) is 0.482. The minimum atomic E-state index is -0.910. The molecule has 0 aliphatic heterocycles. The van der Waals surface area contributed by atoms with E-state index in [9.17, 15) is 15.0 Å². The fourth-order valence-electron chi connectivity index (χ4n) is 2.50. The molecule has 1 fully saturated rings. The maximum atomic E-state index is 12.2. The Morgan fingerprint density at radius 2 is 2.05 bits per heavy atom. The van der Waals surface area contributed by atoms with E-state index < -0.39 is 18.2 Å². The van der Waals surface area contributed by atoms with Crippen LogP contribution in [0.2, 0.25) is 0 Å².